The molecule has 194 valence electrons. The molecular formula is C29H31N7O2. The van der Waals surface area contributed by atoms with Crippen LogP contribution in [-0.2, 0) is 4.79 Å². The molecule has 38 heavy (non-hydrogen) atoms. The molecule has 2 aromatic heterocycles. The smallest absolute Gasteiger partial charge is 0.253 e. The van der Waals surface area contributed by atoms with E-state index >= 15 is 0 Å². The molecule has 9 nitrogen and oxygen atoms in total. The van der Waals surface area contributed by atoms with E-state index in [2.05, 4.69) is 15.5 Å². The van der Waals surface area contributed by atoms with Crippen molar-refractivity contribution in [1.82, 2.24) is 24.8 Å². The molecule has 2 aromatic carbocycles. The summed E-state index contributed by atoms with van der Waals surface area (Å²) in [7, 11) is 0. The van der Waals surface area contributed by atoms with Gasteiger partial charge < -0.3 is 25.0 Å². The first-order chi connectivity index (χ1) is 18.6. The molecule has 0 bridgehead atoms. The zero-order chi connectivity index (χ0) is 26.3. The minimum atomic E-state index is -0.0654. The molecule has 2 N–H and O–H groups in total. The van der Waals surface area contributed by atoms with Gasteiger partial charge in [-0.25, -0.2) is 9.97 Å². The van der Waals surface area contributed by atoms with Crippen molar-refractivity contribution in [3.05, 3.63) is 90.8 Å². The molecule has 4 aromatic rings. The molecule has 9 heteroatoms. The molecule has 1 aliphatic rings. The SMILES string of the molecule is CC(=O)NCCNc1cc(N2CCN(C(=O)c3ccc(-n4cccc4)cc3)CC2)nc(-c2ccccc2)n1. The number of nitrogens with zero attached hydrogens (tertiary/aromatic N) is 5. The summed E-state index contributed by atoms with van der Waals surface area (Å²) < 4.78 is 2.02. The Labute approximate surface area is 222 Å². The van der Waals surface area contributed by atoms with Crippen LogP contribution in [0.25, 0.3) is 17.1 Å². The number of amides is 2. The van der Waals surface area contributed by atoms with Gasteiger partial charge in [-0.2, -0.15) is 0 Å². The van der Waals surface area contributed by atoms with Crippen LogP contribution < -0.4 is 15.5 Å². The lowest BCUT2D eigenvalue weighted by Crippen LogP contribution is -2.49. The molecule has 0 saturated carbocycles. The third-order valence-electron chi connectivity index (χ3n) is 6.46. The van der Waals surface area contributed by atoms with E-state index in [4.69, 9.17) is 9.97 Å². The number of piperazine rings is 1. The lowest BCUT2D eigenvalue weighted by Gasteiger charge is -2.35. The van der Waals surface area contributed by atoms with Gasteiger partial charge in [-0.05, 0) is 36.4 Å². The van der Waals surface area contributed by atoms with E-state index in [1.54, 1.807) is 0 Å². The number of benzene rings is 2. The van der Waals surface area contributed by atoms with Crippen LogP contribution in [0.15, 0.2) is 85.2 Å². The highest BCUT2D eigenvalue weighted by atomic mass is 16.2. The van der Waals surface area contributed by atoms with Crippen molar-refractivity contribution < 1.29 is 9.59 Å². The largest absolute Gasteiger partial charge is 0.368 e. The van der Waals surface area contributed by atoms with Gasteiger partial charge in [-0.1, -0.05) is 30.3 Å². The van der Waals surface area contributed by atoms with Crippen molar-refractivity contribution in [3.8, 4) is 17.1 Å². The molecule has 0 radical (unpaired) electrons. The van der Waals surface area contributed by atoms with Crippen molar-refractivity contribution in [2.75, 3.05) is 49.5 Å². The number of nitrogens with one attached hydrogen (secondary N) is 2. The number of carbonyl (C=O) groups is 2. The van der Waals surface area contributed by atoms with Gasteiger partial charge in [0.15, 0.2) is 5.82 Å². The highest BCUT2D eigenvalue weighted by Gasteiger charge is 2.24. The van der Waals surface area contributed by atoms with Gasteiger partial charge in [0.1, 0.15) is 11.6 Å². The lowest BCUT2D eigenvalue weighted by molar-refractivity contribution is -0.118. The summed E-state index contributed by atoms with van der Waals surface area (Å²) in [6.45, 7) is 5.10. The Morgan fingerprint density at radius 2 is 1.55 bits per heavy atom. The lowest BCUT2D eigenvalue weighted by atomic mass is 10.1. The van der Waals surface area contributed by atoms with Crippen LogP contribution in [0.2, 0.25) is 0 Å². The molecule has 0 spiro atoms. The van der Waals surface area contributed by atoms with E-state index in [0.29, 0.717) is 56.5 Å². The van der Waals surface area contributed by atoms with Crippen molar-refractivity contribution in [2.24, 2.45) is 0 Å². The van der Waals surface area contributed by atoms with Crippen molar-refractivity contribution in [1.29, 1.82) is 0 Å². The van der Waals surface area contributed by atoms with Gasteiger partial charge in [-0.15, -0.1) is 0 Å². The van der Waals surface area contributed by atoms with Crippen molar-refractivity contribution in [2.45, 2.75) is 6.92 Å². The van der Waals surface area contributed by atoms with E-state index in [0.717, 1.165) is 17.1 Å². The Kier molecular flexibility index (Phi) is 7.63. The number of hydrogen-bond acceptors (Lipinski definition) is 6. The maximum atomic E-state index is 13.2. The van der Waals surface area contributed by atoms with Gasteiger partial charge >= 0.3 is 0 Å². The van der Waals surface area contributed by atoms with Crippen LogP contribution in [0.3, 0.4) is 0 Å². The van der Waals surface area contributed by atoms with E-state index in [1.165, 1.54) is 6.92 Å². The topological polar surface area (TPSA) is 95.4 Å². The van der Waals surface area contributed by atoms with Crippen LogP contribution in [0.4, 0.5) is 11.6 Å². The fourth-order valence-electron chi connectivity index (χ4n) is 4.44. The maximum absolute atomic E-state index is 13.2. The summed E-state index contributed by atoms with van der Waals surface area (Å²) in [6, 6.07) is 23.5. The Bertz CT molecular complexity index is 1360. The monoisotopic (exact) mass is 509 g/mol. The average Bonchev–Trinajstić information content (AvgIpc) is 3.51. The summed E-state index contributed by atoms with van der Waals surface area (Å²) in [4.78, 5) is 38.0. The van der Waals surface area contributed by atoms with E-state index < -0.39 is 0 Å². The maximum Gasteiger partial charge on any atom is 0.253 e. The predicted octanol–water partition coefficient (Wildman–Crippen LogP) is 3.44. The average molecular weight is 510 g/mol. The Balaban J connectivity index is 1.26. The fourth-order valence-corrected chi connectivity index (χ4v) is 4.44. The van der Waals surface area contributed by atoms with Gasteiger partial charge in [-0.3, -0.25) is 9.59 Å². The molecular weight excluding hydrogens is 478 g/mol. The van der Waals surface area contributed by atoms with Crippen LogP contribution in [0.1, 0.15) is 17.3 Å². The van der Waals surface area contributed by atoms with Crippen LogP contribution >= 0.6 is 0 Å². The zero-order valence-corrected chi connectivity index (χ0v) is 21.4. The first-order valence-corrected chi connectivity index (χ1v) is 12.8. The Morgan fingerprint density at radius 1 is 0.842 bits per heavy atom. The summed E-state index contributed by atoms with van der Waals surface area (Å²) in [5, 5.41) is 6.08. The number of aromatic nitrogens is 3. The summed E-state index contributed by atoms with van der Waals surface area (Å²) in [5.74, 6) is 2.11. The molecule has 1 fully saturated rings. The third-order valence-corrected chi connectivity index (χ3v) is 6.46. The van der Waals surface area contributed by atoms with Gasteiger partial charge in [0, 0.05) is 81.5 Å². The quantitative estimate of drug-likeness (QED) is 0.354. The first kappa shape index (κ1) is 25.0. The molecule has 1 saturated heterocycles. The minimum Gasteiger partial charge on any atom is -0.368 e. The molecule has 3 heterocycles. The predicted molar refractivity (Wildman–Crippen MR) is 149 cm³/mol. The highest BCUT2D eigenvalue weighted by Crippen LogP contribution is 2.24. The summed E-state index contributed by atoms with van der Waals surface area (Å²) in [5.41, 5.74) is 2.64. The highest BCUT2D eigenvalue weighted by molar-refractivity contribution is 5.94. The standard InChI is InChI=1S/C29H31N7O2/c1-22(37)30-13-14-31-26-21-27(33-28(32-26)23-7-3-2-4-8-23)35-17-19-36(20-18-35)29(38)24-9-11-25(12-10-24)34-15-5-6-16-34/h2-12,15-16,21H,13-14,17-20H2,1H3,(H,30,37)(H,31,32,33). The van der Waals surface area contributed by atoms with E-state index in [9.17, 15) is 9.59 Å². The van der Waals surface area contributed by atoms with E-state index in [1.807, 2.05) is 94.7 Å². The van der Waals surface area contributed by atoms with E-state index in [-0.39, 0.29) is 11.8 Å². The molecule has 5 rings (SSSR count). The number of rotatable bonds is 8. The van der Waals surface area contributed by atoms with Crippen LogP contribution in [0, 0.1) is 0 Å². The summed E-state index contributed by atoms with van der Waals surface area (Å²) in [6.07, 6.45) is 3.96. The van der Waals surface area contributed by atoms with Gasteiger partial charge in [0.05, 0.1) is 0 Å². The molecule has 2 amide bonds. The first-order valence-electron chi connectivity index (χ1n) is 12.8. The molecule has 0 atom stereocenters. The van der Waals surface area contributed by atoms with Crippen molar-refractivity contribution in [3.63, 3.8) is 0 Å². The number of anilines is 2. The molecule has 1 aliphatic heterocycles. The normalized spacial score (nSPS) is 13.3. The second kappa shape index (κ2) is 11.6. The molecule has 0 unspecified atom stereocenters. The second-order valence-corrected chi connectivity index (χ2v) is 9.13. The van der Waals surface area contributed by atoms with Gasteiger partial charge in [0.2, 0.25) is 5.91 Å². The minimum absolute atomic E-state index is 0.0386. The second-order valence-electron chi connectivity index (χ2n) is 9.13. The van der Waals surface area contributed by atoms with Crippen LogP contribution in [0.5, 0.6) is 0 Å². The molecule has 0 aliphatic carbocycles. The third kappa shape index (κ3) is 6.00. The fraction of sp³-hybridized carbons (Fsp3) is 0.241. The van der Waals surface area contributed by atoms with Gasteiger partial charge in [0.25, 0.3) is 5.91 Å². The summed E-state index contributed by atoms with van der Waals surface area (Å²) >= 11 is 0. The number of hydrogen-bond donors (Lipinski definition) is 2. The van der Waals surface area contributed by atoms with Crippen molar-refractivity contribution >= 4 is 23.5 Å². The Hall–Kier alpha value is -4.66. The Morgan fingerprint density at radius 3 is 2.24 bits per heavy atom. The zero-order valence-electron chi connectivity index (χ0n) is 21.4. The van der Waals surface area contributed by atoms with Crippen LogP contribution in [-0.4, -0.2) is 70.5 Å². The number of carbonyl (C=O) groups excluding carboxylic acids is 2.